The third-order valence-corrected chi connectivity index (χ3v) is 7.53. The molecule has 2 aromatic rings. The summed E-state index contributed by atoms with van der Waals surface area (Å²) < 4.78 is 17.9. The van der Waals surface area contributed by atoms with Crippen LogP contribution in [-0.4, -0.2) is 37.5 Å². The lowest BCUT2D eigenvalue weighted by Gasteiger charge is -2.53. The van der Waals surface area contributed by atoms with Crippen LogP contribution in [0.3, 0.4) is 0 Å². The van der Waals surface area contributed by atoms with Crippen molar-refractivity contribution in [3.8, 4) is 0 Å². The first-order valence-electron chi connectivity index (χ1n) is 12.2. The highest BCUT2D eigenvalue weighted by atomic mass is 17.3. The molecule has 2 aromatic carbocycles. The molecular weight excluding hydrogens is 434 g/mol. The number of carbonyl (C=O) groups excluding carboxylic acids is 1. The molecule has 0 aromatic heterocycles. The van der Waals surface area contributed by atoms with Gasteiger partial charge in [-0.1, -0.05) is 42.8 Å². The first-order valence-corrected chi connectivity index (χ1v) is 12.2. The normalized spacial score (nSPS) is 32.5. The summed E-state index contributed by atoms with van der Waals surface area (Å²) in [7, 11) is 1.66. The Morgan fingerprint density at radius 2 is 1.68 bits per heavy atom. The molecule has 4 fully saturated rings. The Morgan fingerprint density at radius 3 is 2.32 bits per heavy atom. The molecule has 3 saturated heterocycles. The summed E-state index contributed by atoms with van der Waals surface area (Å²) in [4.78, 5) is 26.8. The third-order valence-electron chi connectivity index (χ3n) is 7.53. The summed E-state index contributed by atoms with van der Waals surface area (Å²) in [5.74, 6) is -0.415. The van der Waals surface area contributed by atoms with Crippen molar-refractivity contribution in [3.63, 3.8) is 0 Å². The van der Waals surface area contributed by atoms with E-state index < -0.39 is 23.8 Å². The van der Waals surface area contributed by atoms with Crippen molar-refractivity contribution >= 4 is 17.5 Å². The van der Waals surface area contributed by atoms with E-state index in [4.69, 9.17) is 24.0 Å². The number of nitrogens with zero attached hydrogens (tertiary/aromatic N) is 1. The highest BCUT2D eigenvalue weighted by Crippen LogP contribution is 2.55. The van der Waals surface area contributed by atoms with Gasteiger partial charge in [-0.05, 0) is 68.7 Å². The largest absolute Gasteiger partial charge is 0.449 e. The van der Waals surface area contributed by atoms with Crippen molar-refractivity contribution in [1.29, 1.82) is 0 Å². The average molecular weight is 468 g/mol. The van der Waals surface area contributed by atoms with Crippen LogP contribution in [0.1, 0.15) is 45.4 Å². The summed E-state index contributed by atoms with van der Waals surface area (Å²) in [6.45, 7) is 2.17. The maximum atomic E-state index is 13.2. The standard InChI is InChI=1S/C27H33NO6/c1-26-18-16-20-10-9-11-21(27(20,34-33-26)24(30-2)32-26)17-19-31-25(29)28(22-12-5-3-6-13-22)23-14-7-4-8-15-23/h3-8,12-15,20-21,24H,9-11,16-19H2,1-2H3/t20-,21+,24+,26+,27-/m1/s1. The lowest BCUT2D eigenvalue weighted by Crippen LogP contribution is -2.63. The van der Waals surface area contributed by atoms with Crippen LogP contribution in [0, 0.1) is 11.8 Å². The molecule has 5 atom stereocenters. The Labute approximate surface area is 200 Å². The zero-order chi connectivity index (χ0) is 23.6. The van der Waals surface area contributed by atoms with E-state index in [0.717, 1.165) is 43.5 Å². The van der Waals surface area contributed by atoms with Gasteiger partial charge in [-0.3, -0.25) is 0 Å². The molecule has 0 unspecified atom stereocenters. The molecule has 1 amide bonds. The Morgan fingerprint density at radius 1 is 1.00 bits per heavy atom. The van der Waals surface area contributed by atoms with E-state index in [1.165, 1.54) is 0 Å². The number of hydrogen-bond donors (Lipinski definition) is 0. The van der Waals surface area contributed by atoms with Gasteiger partial charge in [0.05, 0.1) is 18.0 Å². The highest BCUT2D eigenvalue weighted by Gasteiger charge is 2.63. The predicted molar refractivity (Wildman–Crippen MR) is 126 cm³/mol. The van der Waals surface area contributed by atoms with Gasteiger partial charge in [0, 0.05) is 13.5 Å². The number of amides is 1. The molecule has 182 valence electrons. The van der Waals surface area contributed by atoms with E-state index in [9.17, 15) is 4.79 Å². The van der Waals surface area contributed by atoms with Gasteiger partial charge in [-0.2, -0.15) is 0 Å². The van der Waals surface area contributed by atoms with E-state index in [0.29, 0.717) is 6.42 Å². The van der Waals surface area contributed by atoms with Gasteiger partial charge in [0.2, 0.25) is 5.79 Å². The van der Waals surface area contributed by atoms with Gasteiger partial charge in [-0.25, -0.2) is 19.5 Å². The van der Waals surface area contributed by atoms with Crippen molar-refractivity contribution in [2.75, 3.05) is 18.6 Å². The molecule has 1 saturated carbocycles. The van der Waals surface area contributed by atoms with Crippen molar-refractivity contribution in [2.45, 2.75) is 63.1 Å². The molecule has 0 N–H and O–H groups in total. The van der Waals surface area contributed by atoms with Gasteiger partial charge < -0.3 is 14.2 Å². The number of benzene rings is 2. The van der Waals surface area contributed by atoms with Gasteiger partial charge in [0.25, 0.3) is 0 Å². The Kier molecular flexibility index (Phi) is 6.62. The molecule has 1 aliphatic carbocycles. The first kappa shape index (κ1) is 23.3. The minimum absolute atomic E-state index is 0.0913. The third kappa shape index (κ3) is 4.22. The Hall–Kier alpha value is -2.45. The minimum Gasteiger partial charge on any atom is -0.449 e. The van der Waals surface area contributed by atoms with Crippen LogP contribution < -0.4 is 4.90 Å². The summed E-state index contributed by atoms with van der Waals surface area (Å²) in [6.07, 6.45) is 4.55. The van der Waals surface area contributed by atoms with Crippen LogP contribution in [0.2, 0.25) is 0 Å². The molecule has 1 spiro atoms. The van der Waals surface area contributed by atoms with Crippen LogP contribution >= 0.6 is 0 Å². The average Bonchev–Trinajstić information content (AvgIpc) is 3.10. The monoisotopic (exact) mass is 467 g/mol. The zero-order valence-corrected chi connectivity index (χ0v) is 19.9. The second-order valence-corrected chi connectivity index (χ2v) is 9.61. The number of para-hydroxylation sites is 2. The molecule has 6 rings (SSSR count). The van der Waals surface area contributed by atoms with Crippen LogP contribution in [0.15, 0.2) is 60.7 Å². The van der Waals surface area contributed by atoms with Crippen molar-refractivity contribution in [1.82, 2.24) is 0 Å². The van der Waals surface area contributed by atoms with Crippen molar-refractivity contribution in [2.24, 2.45) is 11.8 Å². The van der Waals surface area contributed by atoms with E-state index in [2.05, 4.69) is 0 Å². The van der Waals surface area contributed by atoms with E-state index in [-0.39, 0.29) is 18.4 Å². The van der Waals surface area contributed by atoms with E-state index in [1.807, 2.05) is 67.6 Å². The topological polar surface area (TPSA) is 66.5 Å². The fraction of sp³-hybridized carbons (Fsp3) is 0.519. The number of methoxy groups -OCH3 is 1. The smallest absolute Gasteiger partial charge is 0.418 e. The number of carbonyl (C=O) groups is 1. The lowest BCUT2D eigenvalue weighted by molar-refractivity contribution is -0.554. The number of fused-ring (bicyclic) bond motifs is 3. The summed E-state index contributed by atoms with van der Waals surface area (Å²) in [5.41, 5.74) is 0.832. The summed E-state index contributed by atoms with van der Waals surface area (Å²) in [5, 5.41) is 0. The van der Waals surface area contributed by atoms with Gasteiger partial charge in [-0.15, -0.1) is 0 Å². The maximum absolute atomic E-state index is 13.2. The molecule has 34 heavy (non-hydrogen) atoms. The molecule has 4 aliphatic rings. The molecular formula is C27H33NO6. The summed E-state index contributed by atoms with van der Waals surface area (Å²) in [6, 6.07) is 19.1. The van der Waals surface area contributed by atoms with Crippen LogP contribution in [0.4, 0.5) is 16.2 Å². The van der Waals surface area contributed by atoms with Gasteiger partial charge in [0.1, 0.15) is 0 Å². The first-order chi connectivity index (χ1) is 16.6. The van der Waals surface area contributed by atoms with Crippen LogP contribution in [-0.2, 0) is 24.0 Å². The number of hydrogen-bond acceptors (Lipinski definition) is 6. The summed E-state index contributed by atoms with van der Waals surface area (Å²) >= 11 is 0. The lowest BCUT2D eigenvalue weighted by atomic mass is 9.65. The SMILES string of the molecule is CO[C@H]1O[C@]2(C)CC[C@H]3CCC[C@@H](CCOC(=O)N(c4ccccc4)c4ccccc4)[C@]31OO2. The quantitative estimate of drug-likeness (QED) is 0.488. The molecule has 2 bridgehead atoms. The Bertz CT molecular complexity index is 932. The van der Waals surface area contributed by atoms with Gasteiger partial charge >= 0.3 is 6.09 Å². The van der Waals surface area contributed by atoms with Crippen LogP contribution in [0.5, 0.6) is 0 Å². The van der Waals surface area contributed by atoms with Crippen molar-refractivity contribution < 1.29 is 28.8 Å². The van der Waals surface area contributed by atoms with E-state index >= 15 is 0 Å². The fourth-order valence-electron chi connectivity index (χ4n) is 5.83. The van der Waals surface area contributed by atoms with Crippen molar-refractivity contribution in [3.05, 3.63) is 60.7 Å². The zero-order valence-electron chi connectivity index (χ0n) is 19.9. The minimum atomic E-state index is -0.786. The molecule has 7 nitrogen and oxygen atoms in total. The second-order valence-electron chi connectivity index (χ2n) is 9.61. The fourth-order valence-corrected chi connectivity index (χ4v) is 5.83. The molecule has 7 heteroatoms. The van der Waals surface area contributed by atoms with Crippen LogP contribution in [0.25, 0.3) is 0 Å². The molecule has 3 aliphatic heterocycles. The number of ether oxygens (including phenoxy) is 3. The second kappa shape index (κ2) is 9.66. The predicted octanol–water partition coefficient (Wildman–Crippen LogP) is 5.97. The highest BCUT2D eigenvalue weighted by molar-refractivity contribution is 5.95. The number of rotatable bonds is 6. The number of anilines is 2. The Balaban J connectivity index is 1.31. The molecule has 3 heterocycles. The van der Waals surface area contributed by atoms with E-state index in [1.54, 1.807) is 12.0 Å². The molecule has 0 radical (unpaired) electrons. The maximum Gasteiger partial charge on any atom is 0.418 e. The van der Waals surface area contributed by atoms with Gasteiger partial charge in [0.15, 0.2) is 11.9 Å².